The van der Waals surface area contributed by atoms with Crippen molar-refractivity contribution in [3.8, 4) is 0 Å². The predicted octanol–water partition coefficient (Wildman–Crippen LogP) is 4.99. The summed E-state index contributed by atoms with van der Waals surface area (Å²) in [4.78, 5) is 0. The van der Waals surface area contributed by atoms with Gasteiger partial charge in [0.2, 0.25) is 0 Å². The van der Waals surface area contributed by atoms with Crippen LogP contribution in [0, 0.1) is 28.6 Å². The summed E-state index contributed by atoms with van der Waals surface area (Å²) in [6, 6.07) is 0. The van der Waals surface area contributed by atoms with Crippen LogP contribution in [0.2, 0.25) is 0 Å². The molecule has 0 aromatic heterocycles. The first-order valence-corrected chi connectivity index (χ1v) is 11.9. The molecule has 0 aromatic carbocycles. The van der Waals surface area contributed by atoms with E-state index in [0.29, 0.717) is 17.8 Å². The van der Waals surface area contributed by atoms with Gasteiger partial charge in [0, 0.05) is 18.8 Å². The number of rotatable bonds is 1. The first kappa shape index (κ1) is 19.0. The smallest absolute Gasteiger partial charge is 0.172 e. The lowest BCUT2D eigenvalue weighted by molar-refractivity contribution is -0.208. The van der Waals surface area contributed by atoms with Crippen LogP contribution >= 0.6 is 0 Å². The van der Waals surface area contributed by atoms with Crippen molar-refractivity contribution in [1.29, 1.82) is 0 Å². The van der Waals surface area contributed by atoms with Crippen molar-refractivity contribution in [3.63, 3.8) is 0 Å². The summed E-state index contributed by atoms with van der Waals surface area (Å²) in [5, 5.41) is 0. The zero-order valence-corrected chi connectivity index (χ0v) is 18.3. The molecule has 1 spiro atoms. The van der Waals surface area contributed by atoms with Gasteiger partial charge >= 0.3 is 0 Å². The van der Waals surface area contributed by atoms with Gasteiger partial charge in [-0.25, -0.2) is 0 Å². The highest BCUT2D eigenvalue weighted by Gasteiger charge is 2.62. The third-order valence-corrected chi connectivity index (χ3v) is 9.88. The maximum atomic E-state index is 6.15. The molecule has 2 aliphatic heterocycles. The van der Waals surface area contributed by atoms with Gasteiger partial charge in [0.15, 0.2) is 11.6 Å². The number of fused-ring (bicyclic) bond motifs is 5. The van der Waals surface area contributed by atoms with Crippen LogP contribution in [0.4, 0.5) is 0 Å². The summed E-state index contributed by atoms with van der Waals surface area (Å²) in [5.74, 6) is 1.13. The van der Waals surface area contributed by atoms with Gasteiger partial charge in [0.1, 0.15) is 0 Å². The first-order chi connectivity index (χ1) is 13.9. The van der Waals surface area contributed by atoms with E-state index in [1.165, 1.54) is 32.1 Å². The van der Waals surface area contributed by atoms with Crippen molar-refractivity contribution in [2.45, 2.75) is 77.3 Å². The van der Waals surface area contributed by atoms with E-state index in [1.54, 1.807) is 11.1 Å². The molecule has 6 aliphatic rings. The Morgan fingerprint density at radius 1 is 0.759 bits per heavy atom. The average Bonchev–Trinajstić information content (AvgIpc) is 3.42. The van der Waals surface area contributed by atoms with Crippen LogP contribution in [0.1, 0.15) is 65.7 Å². The third kappa shape index (κ3) is 2.52. The van der Waals surface area contributed by atoms with Crippen molar-refractivity contribution in [3.05, 3.63) is 23.3 Å². The van der Waals surface area contributed by atoms with Gasteiger partial charge in [-0.2, -0.15) is 0 Å². The second-order valence-electron chi connectivity index (χ2n) is 11.1. The molecule has 1 unspecified atom stereocenters. The van der Waals surface area contributed by atoms with E-state index in [2.05, 4.69) is 32.9 Å². The molecule has 0 bridgehead atoms. The molecule has 0 amide bonds. The van der Waals surface area contributed by atoms with Crippen molar-refractivity contribution in [1.82, 2.24) is 0 Å². The minimum absolute atomic E-state index is 0.272. The molecule has 0 N–H and O–H groups in total. The standard InChI is InChI=1S/C25H36O4/c1-22-10-11-25(28-14-15-29-25)16-17(22)4-5-18-19-6-7-21(24(3)26-12-13-27-24)23(19,2)9-8-20(18)22/h4-5,19-21H,6-16H2,1-3H3/t19-,20-,21?,22-,23-/m0/s1. The van der Waals surface area contributed by atoms with E-state index >= 15 is 0 Å². The van der Waals surface area contributed by atoms with Crippen molar-refractivity contribution < 1.29 is 18.9 Å². The van der Waals surface area contributed by atoms with E-state index in [9.17, 15) is 0 Å². The lowest BCUT2D eigenvalue weighted by Gasteiger charge is -2.56. The Balaban J connectivity index is 1.33. The van der Waals surface area contributed by atoms with E-state index < -0.39 is 0 Å². The topological polar surface area (TPSA) is 36.9 Å². The van der Waals surface area contributed by atoms with E-state index in [-0.39, 0.29) is 22.4 Å². The fourth-order valence-corrected chi connectivity index (χ4v) is 8.29. The molecular weight excluding hydrogens is 364 g/mol. The quantitative estimate of drug-likeness (QED) is 0.621. The zero-order valence-electron chi connectivity index (χ0n) is 18.3. The Hall–Kier alpha value is -0.680. The van der Waals surface area contributed by atoms with Gasteiger partial charge in [-0.3, -0.25) is 0 Å². The summed E-state index contributed by atoms with van der Waals surface area (Å²) < 4.78 is 24.4. The van der Waals surface area contributed by atoms with Gasteiger partial charge in [0.25, 0.3) is 0 Å². The number of ether oxygens (including phenoxy) is 4. The molecule has 2 heterocycles. The Morgan fingerprint density at radius 3 is 2.24 bits per heavy atom. The fraction of sp³-hybridized carbons (Fsp3) is 0.840. The minimum Gasteiger partial charge on any atom is -0.348 e. The highest BCUT2D eigenvalue weighted by atomic mass is 16.7. The normalized spacial score (nSPS) is 47.3. The van der Waals surface area contributed by atoms with Crippen LogP contribution in [0.5, 0.6) is 0 Å². The Bertz CT molecular complexity index is 757. The molecular formula is C25H36O4. The SMILES string of the molecule is CC1(C2CC[C@H]3C4=CC=C5CC6(CC[C@]5(C)[C@H]4CC[C@]23C)OCCO6)OCCO1. The van der Waals surface area contributed by atoms with Gasteiger partial charge in [-0.1, -0.05) is 37.1 Å². The van der Waals surface area contributed by atoms with Crippen molar-refractivity contribution >= 4 is 0 Å². The first-order valence-electron chi connectivity index (χ1n) is 11.9. The molecule has 2 saturated heterocycles. The van der Waals surface area contributed by atoms with Crippen LogP contribution < -0.4 is 0 Å². The molecule has 4 heteroatoms. The predicted molar refractivity (Wildman–Crippen MR) is 110 cm³/mol. The van der Waals surface area contributed by atoms with Crippen LogP contribution in [0.15, 0.2) is 23.3 Å². The monoisotopic (exact) mass is 400 g/mol. The summed E-state index contributed by atoms with van der Waals surface area (Å²) in [7, 11) is 0. The zero-order chi connectivity index (χ0) is 19.9. The van der Waals surface area contributed by atoms with E-state index in [4.69, 9.17) is 18.9 Å². The van der Waals surface area contributed by atoms with Crippen LogP contribution in [0.3, 0.4) is 0 Å². The van der Waals surface area contributed by atoms with Gasteiger partial charge in [-0.05, 0) is 61.7 Å². The lowest BCUT2D eigenvalue weighted by atomic mass is 9.50. The van der Waals surface area contributed by atoms with Gasteiger partial charge in [0.05, 0.1) is 26.4 Å². The molecule has 0 radical (unpaired) electrons. The summed E-state index contributed by atoms with van der Waals surface area (Å²) in [5.41, 5.74) is 3.84. The Kier molecular flexibility index (Phi) is 4.06. The highest BCUT2D eigenvalue weighted by Crippen LogP contribution is 2.67. The Labute approximate surface area is 175 Å². The van der Waals surface area contributed by atoms with Crippen LogP contribution in [-0.4, -0.2) is 38.0 Å². The number of allylic oxidation sites excluding steroid dienone is 3. The molecule has 4 nitrogen and oxygen atoms in total. The minimum atomic E-state index is -0.384. The average molecular weight is 401 g/mol. The molecule has 4 aliphatic carbocycles. The number of hydrogen-bond donors (Lipinski definition) is 0. The molecule has 160 valence electrons. The van der Waals surface area contributed by atoms with Crippen molar-refractivity contribution in [2.24, 2.45) is 28.6 Å². The molecule has 0 aromatic rings. The lowest BCUT2D eigenvalue weighted by Crippen LogP contribution is -2.51. The summed E-state index contributed by atoms with van der Waals surface area (Å²) in [6.45, 7) is 10.2. The molecule has 5 atom stereocenters. The third-order valence-electron chi connectivity index (χ3n) is 9.88. The largest absolute Gasteiger partial charge is 0.348 e. The molecule has 3 saturated carbocycles. The second kappa shape index (κ2) is 6.18. The van der Waals surface area contributed by atoms with Gasteiger partial charge in [-0.15, -0.1) is 0 Å². The summed E-state index contributed by atoms with van der Waals surface area (Å²) in [6.07, 6.45) is 13.2. The fourth-order valence-electron chi connectivity index (χ4n) is 8.29. The maximum Gasteiger partial charge on any atom is 0.172 e. The summed E-state index contributed by atoms with van der Waals surface area (Å²) >= 11 is 0. The second-order valence-corrected chi connectivity index (χ2v) is 11.1. The van der Waals surface area contributed by atoms with E-state index in [0.717, 1.165) is 39.3 Å². The van der Waals surface area contributed by atoms with Crippen LogP contribution in [-0.2, 0) is 18.9 Å². The Morgan fingerprint density at radius 2 is 1.48 bits per heavy atom. The maximum absolute atomic E-state index is 6.15. The van der Waals surface area contributed by atoms with Gasteiger partial charge < -0.3 is 18.9 Å². The van der Waals surface area contributed by atoms with E-state index in [1.807, 2.05) is 0 Å². The van der Waals surface area contributed by atoms with Crippen molar-refractivity contribution in [2.75, 3.05) is 26.4 Å². The van der Waals surface area contributed by atoms with Crippen LogP contribution in [0.25, 0.3) is 0 Å². The highest BCUT2D eigenvalue weighted by molar-refractivity contribution is 5.39. The molecule has 6 rings (SSSR count). The number of hydrogen-bond acceptors (Lipinski definition) is 4. The molecule has 29 heavy (non-hydrogen) atoms. The molecule has 5 fully saturated rings.